The molecule has 0 aromatic heterocycles. The summed E-state index contributed by atoms with van der Waals surface area (Å²) in [6.45, 7) is 0. The lowest BCUT2D eigenvalue weighted by Gasteiger charge is -2.22. The Morgan fingerprint density at radius 2 is 2.44 bits per heavy atom. The first kappa shape index (κ1) is 6.93. The van der Waals surface area contributed by atoms with Crippen LogP contribution in [-0.4, -0.2) is 24.6 Å². The van der Waals surface area contributed by atoms with E-state index in [0.29, 0.717) is 12.3 Å². The van der Waals surface area contributed by atoms with Crippen LogP contribution >= 0.6 is 11.8 Å². The average molecular weight is 146 g/mol. The van der Waals surface area contributed by atoms with Crippen molar-refractivity contribution < 1.29 is 9.53 Å². The van der Waals surface area contributed by atoms with Gasteiger partial charge in [-0.2, -0.15) is 11.8 Å². The smallest absolute Gasteiger partial charge is 0.305 e. The van der Waals surface area contributed by atoms with Gasteiger partial charge in [0.25, 0.3) is 0 Å². The number of ether oxygens (including phenoxy) is 1. The summed E-state index contributed by atoms with van der Waals surface area (Å²) >= 11 is 1.89. The highest BCUT2D eigenvalue weighted by atomic mass is 32.2. The molecule has 9 heavy (non-hydrogen) atoms. The Morgan fingerprint density at radius 3 is 2.78 bits per heavy atom. The van der Waals surface area contributed by atoms with Crippen LogP contribution < -0.4 is 0 Å². The fourth-order valence-corrected chi connectivity index (χ4v) is 1.53. The quantitative estimate of drug-likeness (QED) is 0.542. The number of methoxy groups -OCH3 is 1. The standard InChI is InChI=1S/C6H10O2S/c1-8-6(7)2-5-3-9-4-5/h5H,2-4H2,1H3. The average Bonchev–Trinajstić information content (AvgIpc) is 1.78. The Hall–Kier alpha value is -0.180. The number of hydrogen-bond acceptors (Lipinski definition) is 3. The summed E-state index contributed by atoms with van der Waals surface area (Å²) in [4.78, 5) is 10.6. The third kappa shape index (κ3) is 1.90. The second-order valence-corrected chi connectivity index (χ2v) is 3.26. The molecule has 1 fully saturated rings. The van der Waals surface area contributed by atoms with Crippen molar-refractivity contribution in [3.8, 4) is 0 Å². The van der Waals surface area contributed by atoms with Crippen LogP contribution in [-0.2, 0) is 9.53 Å². The van der Waals surface area contributed by atoms with E-state index in [-0.39, 0.29) is 5.97 Å². The summed E-state index contributed by atoms with van der Waals surface area (Å²) in [7, 11) is 1.44. The van der Waals surface area contributed by atoms with E-state index in [1.165, 1.54) is 7.11 Å². The van der Waals surface area contributed by atoms with Crippen LogP contribution in [0, 0.1) is 5.92 Å². The molecule has 0 saturated carbocycles. The number of rotatable bonds is 2. The highest BCUT2D eigenvalue weighted by Gasteiger charge is 2.21. The summed E-state index contributed by atoms with van der Waals surface area (Å²) in [5.74, 6) is 2.80. The molecule has 0 atom stereocenters. The molecule has 0 spiro atoms. The molecule has 0 amide bonds. The van der Waals surface area contributed by atoms with Gasteiger partial charge in [-0.1, -0.05) is 0 Å². The zero-order valence-electron chi connectivity index (χ0n) is 5.42. The van der Waals surface area contributed by atoms with E-state index in [0.717, 1.165) is 11.5 Å². The molecular formula is C6H10O2S. The van der Waals surface area contributed by atoms with Crippen molar-refractivity contribution in [1.29, 1.82) is 0 Å². The van der Waals surface area contributed by atoms with Crippen LogP contribution in [0.15, 0.2) is 0 Å². The van der Waals surface area contributed by atoms with E-state index in [1.807, 2.05) is 11.8 Å². The Bertz CT molecular complexity index is 110. The summed E-state index contributed by atoms with van der Waals surface area (Å²) in [6.07, 6.45) is 0.615. The molecule has 1 saturated heterocycles. The Balaban J connectivity index is 2.09. The molecule has 0 aromatic rings. The van der Waals surface area contributed by atoms with Crippen LogP contribution in [0.4, 0.5) is 0 Å². The molecule has 1 aliphatic rings. The summed E-state index contributed by atoms with van der Waals surface area (Å²) in [5, 5.41) is 0. The van der Waals surface area contributed by atoms with Gasteiger partial charge in [0.05, 0.1) is 7.11 Å². The molecule has 1 heterocycles. The fraction of sp³-hybridized carbons (Fsp3) is 0.833. The number of hydrogen-bond donors (Lipinski definition) is 0. The first-order chi connectivity index (χ1) is 4.33. The summed E-state index contributed by atoms with van der Waals surface area (Å²) < 4.78 is 4.51. The summed E-state index contributed by atoms with van der Waals surface area (Å²) in [5.41, 5.74) is 0. The molecule has 0 bridgehead atoms. The topological polar surface area (TPSA) is 26.3 Å². The third-order valence-corrected chi connectivity index (χ3v) is 2.80. The van der Waals surface area contributed by atoms with E-state index in [4.69, 9.17) is 0 Å². The largest absolute Gasteiger partial charge is 0.469 e. The maximum absolute atomic E-state index is 10.6. The van der Waals surface area contributed by atoms with Gasteiger partial charge >= 0.3 is 5.97 Å². The molecule has 0 N–H and O–H groups in total. The minimum absolute atomic E-state index is 0.0692. The molecule has 1 rings (SSSR count). The van der Waals surface area contributed by atoms with Gasteiger partial charge in [0, 0.05) is 6.42 Å². The maximum Gasteiger partial charge on any atom is 0.305 e. The zero-order chi connectivity index (χ0) is 6.69. The molecule has 0 radical (unpaired) electrons. The maximum atomic E-state index is 10.6. The normalized spacial score (nSPS) is 18.8. The van der Waals surface area contributed by atoms with Crippen molar-refractivity contribution in [3.05, 3.63) is 0 Å². The van der Waals surface area contributed by atoms with Crippen molar-refractivity contribution in [2.24, 2.45) is 5.92 Å². The van der Waals surface area contributed by atoms with Crippen molar-refractivity contribution in [2.45, 2.75) is 6.42 Å². The van der Waals surface area contributed by atoms with E-state index < -0.39 is 0 Å². The second kappa shape index (κ2) is 3.11. The van der Waals surface area contributed by atoms with Crippen LogP contribution in [0.25, 0.3) is 0 Å². The predicted molar refractivity (Wildman–Crippen MR) is 37.4 cm³/mol. The molecular weight excluding hydrogens is 136 g/mol. The van der Waals surface area contributed by atoms with E-state index in [9.17, 15) is 4.79 Å². The first-order valence-electron chi connectivity index (χ1n) is 2.97. The molecule has 52 valence electrons. The fourth-order valence-electron chi connectivity index (χ4n) is 0.721. The number of thioether (sulfide) groups is 1. The van der Waals surface area contributed by atoms with E-state index in [2.05, 4.69) is 4.74 Å². The molecule has 0 aromatic carbocycles. The lowest BCUT2D eigenvalue weighted by molar-refractivity contribution is -0.141. The van der Waals surface area contributed by atoms with E-state index >= 15 is 0 Å². The monoisotopic (exact) mass is 146 g/mol. The number of carbonyl (C=O) groups is 1. The predicted octanol–water partition coefficient (Wildman–Crippen LogP) is 0.912. The van der Waals surface area contributed by atoms with Gasteiger partial charge in [-0.15, -0.1) is 0 Å². The third-order valence-electron chi connectivity index (χ3n) is 1.39. The van der Waals surface area contributed by atoms with Crippen LogP contribution in [0.1, 0.15) is 6.42 Å². The lowest BCUT2D eigenvalue weighted by atomic mass is 10.1. The minimum Gasteiger partial charge on any atom is -0.469 e. The van der Waals surface area contributed by atoms with Gasteiger partial charge in [0.1, 0.15) is 0 Å². The van der Waals surface area contributed by atoms with Crippen molar-refractivity contribution >= 4 is 17.7 Å². The van der Waals surface area contributed by atoms with Gasteiger partial charge in [0.2, 0.25) is 0 Å². The number of carbonyl (C=O) groups excluding carboxylic acids is 1. The van der Waals surface area contributed by atoms with Crippen LogP contribution in [0.2, 0.25) is 0 Å². The highest BCUT2D eigenvalue weighted by molar-refractivity contribution is 8.00. The van der Waals surface area contributed by atoms with Gasteiger partial charge in [-0.3, -0.25) is 4.79 Å². The van der Waals surface area contributed by atoms with Crippen molar-refractivity contribution in [1.82, 2.24) is 0 Å². The second-order valence-electron chi connectivity index (χ2n) is 2.18. The SMILES string of the molecule is COC(=O)CC1CSC1. The van der Waals surface area contributed by atoms with Crippen LogP contribution in [0.3, 0.4) is 0 Å². The molecule has 2 nitrogen and oxygen atoms in total. The van der Waals surface area contributed by atoms with E-state index in [1.54, 1.807) is 0 Å². The van der Waals surface area contributed by atoms with Crippen molar-refractivity contribution in [2.75, 3.05) is 18.6 Å². The molecule has 3 heteroatoms. The first-order valence-corrected chi connectivity index (χ1v) is 4.13. The van der Waals surface area contributed by atoms with Gasteiger partial charge in [-0.25, -0.2) is 0 Å². The van der Waals surface area contributed by atoms with Crippen LogP contribution in [0.5, 0.6) is 0 Å². The highest BCUT2D eigenvalue weighted by Crippen LogP contribution is 2.27. The van der Waals surface area contributed by atoms with Crippen molar-refractivity contribution in [3.63, 3.8) is 0 Å². The van der Waals surface area contributed by atoms with Gasteiger partial charge < -0.3 is 4.74 Å². The summed E-state index contributed by atoms with van der Waals surface area (Å²) in [6, 6.07) is 0. The molecule has 1 aliphatic heterocycles. The van der Waals surface area contributed by atoms with Gasteiger partial charge in [-0.05, 0) is 17.4 Å². The minimum atomic E-state index is -0.0692. The Kier molecular flexibility index (Phi) is 2.39. The molecule has 0 aliphatic carbocycles. The zero-order valence-corrected chi connectivity index (χ0v) is 6.24. The Morgan fingerprint density at radius 1 is 1.78 bits per heavy atom. The molecule has 0 unspecified atom stereocenters. The Labute approximate surface area is 59.0 Å². The van der Waals surface area contributed by atoms with Gasteiger partial charge in [0.15, 0.2) is 0 Å². The number of esters is 1. The lowest BCUT2D eigenvalue weighted by Crippen LogP contribution is -2.21.